The number of pyridine rings is 1. The Morgan fingerprint density at radius 3 is 2.63 bits per heavy atom. The van der Waals surface area contributed by atoms with Crippen molar-refractivity contribution in [1.82, 2.24) is 19.7 Å². The van der Waals surface area contributed by atoms with Gasteiger partial charge < -0.3 is 5.11 Å². The summed E-state index contributed by atoms with van der Waals surface area (Å²) in [5.41, 5.74) is 3.60. The van der Waals surface area contributed by atoms with Gasteiger partial charge in [0, 0.05) is 22.2 Å². The molecule has 4 heterocycles. The fourth-order valence-corrected chi connectivity index (χ4v) is 6.73. The highest BCUT2D eigenvalue weighted by Crippen LogP contribution is 2.38. The Kier molecular flexibility index (Phi) is 7.70. The topological polar surface area (TPSA) is 141 Å². The average Bonchev–Trinajstić information content (AvgIpc) is 3.30. The second-order valence-corrected chi connectivity index (χ2v) is 13.9. The summed E-state index contributed by atoms with van der Waals surface area (Å²) in [5, 5.41) is 21.4. The smallest absolute Gasteiger partial charge is 0.355 e. The molecule has 1 aliphatic rings. The molecule has 1 fully saturated rings. The number of primary sulfonamides is 1. The van der Waals surface area contributed by atoms with E-state index in [0.717, 1.165) is 57.3 Å². The van der Waals surface area contributed by atoms with Gasteiger partial charge in [0.05, 0.1) is 16.3 Å². The number of benzene rings is 1. The van der Waals surface area contributed by atoms with Crippen molar-refractivity contribution in [3.8, 4) is 28.4 Å². The van der Waals surface area contributed by atoms with Crippen LogP contribution < -0.4 is 5.14 Å². The lowest BCUT2D eigenvalue weighted by Crippen LogP contribution is -2.14. The Balaban J connectivity index is 1.49. The molecule has 0 unspecified atom stereocenters. The van der Waals surface area contributed by atoms with Crippen molar-refractivity contribution in [2.24, 2.45) is 11.1 Å². The summed E-state index contributed by atoms with van der Waals surface area (Å²) in [4.78, 5) is 22.2. The molecule has 1 aliphatic carbocycles. The van der Waals surface area contributed by atoms with Crippen molar-refractivity contribution < 1.29 is 22.7 Å². The molecular formula is C30H24FN5O4S3. The number of aromatic carboxylic acids is 1. The molecule has 4 aromatic heterocycles. The SMILES string of the molecule is Cc1ccc(C#Cc2cccc(-c3nn(-c4nc(C(=O)O)cs4)c(CC4CC4)c3Cc3ccc(S(N)(=O)=O)c(F)c3)n2)s1. The lowest BCUT2D eigenvalue weighted by molar-refractivity contribution is 0.0691. The molecule has 43 heavy (non-hydrogen) atoms. The molecule has 0 radical (unpaired) electrons. The summed E-state index contributed by atoms with van der Waals surface area (Å²) in [6, 6.07) is 13.3. The van der Waals surface area contributed by atoms with Crippen LogP contribution in [-0.2, 0) is 22.9 Å². The maximum atomic E-state index is 14.9. The zero-order chi connectivity index (χ0) is 30.3. The van der Waals surface area contributed by atoms with Crippen LogP contribution in [0.5, 0.6) is 0 Å². The average molecular weight is 634 g/mol. The molecule has 0 amide bonds. The molecule has 3 N–H and O–H groups in total. The molecule has 9 nitrogen and oxygen atoms in total. The molecule has 0 spiro atoms. The van der Waals surface area contributed by atoms with E-state index < -0.39 is 26.7 Å². The van der Waals surface area contributed by atoms with Crippen molar-refractivity contribution in [2.75, 3.05) is 0 Å². The Labute approximate surface area is 254 Å². The predicted molar refractivity (Wildman–Crippen MR) is 161 cm³/mol. The van der Waals surface area contributed by atoms with Gasteiger partial charge in [0.2, 0.25) is 15.2 Å². The lowest BCUT2D eigenvalue weighted by atomic mass is 9.98. The Bertz CT molecular complexity index is 2050. The van der Waals surface area contributed by atoms with Crippen molar-refractivity contribution in [1.29, 1.82) is 0 Å². The molecule has 0 atom stereocenters. The Hall–Kier alpha value is -4.22. The highest BCUT2D eigenvalue weighted by Gasteiger charge is 2.30. The van der Waals surface area contributed by atoms with Gasteiger partial charge in [-0.15, -0.1) is 22.7 Å². The number of aryl methyl sites for hydroxylation is 1. The number of carboxylic acid groups (broad SMARTS) is 1. The van der Waals surface area contributed by atoms with E-state index in [1.165, 1.54) is 11.4 Å². The van der Waals surface area contributed by atoms with E-state index in [1.54, 1.807) is 22.1 Å². The van der Waals surface area contributed by atoms with Gasteiger partial charge in [-0.1, -0.05) is 12.1 Å². The molecular weight excluding hydrogens is 610 g/mol. The van der Waals surface area contributed by atoms with E-state index in [4.69, 9.17) is 15.2 Å². The van der Waals surface area contributed by atoms with Crippen LogP contribution in [0.1, 0.15) is 55.6 Å². The summed E-state index contributed by atoms with van der Waals surface area (Å²) in [7, 11) is -4.22. The second kappa shape index (κ2) is 11.5. The number of halogens is 1. The van der Waals surface area contributed by atoms with Crippen molar-refractivity contribution in [3.63, 3.8) is 0 Å². The van der Waals surface area contributed by atoms with Gasteiger partial charge >= 0.3 is 5.97 Å². The van der Waals surface area contributed by atoms with Crippen LogP contribution in [0.4, 0.5) is 4.39 Å². The van der Waals surface area contributed by atoms with Gasteiger partial charge in [0.1, 0.15) is 22.1 Å². The third-order valence-electron chi connectivity index (χ3n) is 6.89. The molecule has 5 aromatic rings. The Morgan fingerprint density at radius 2 is 1.98 bits per heavy atom. The minimum absolute atomic E-state index is 0.0872. The van der Waals surface area contributed by atoms with Crippen LogP contribution in [0, 0.1) is 30.5 Å². The van der Waals surface area contributed by atoms with E-state index in [9.17, 15) is 22.7 Å². The normalized spacial score (nSPS) is 13.1. The monoisotopic (exact) mass is 633 g/mol. The fraction of sp³-hybridized carbons (Fsp3) is 0.200. The van der Waals surface area contributed by atoms with E-state index in [0.29, 0.717) is 40.1 Å². The quantitative estimate of drug-likeness (QED) is 0.224. The van der Waals surface area contributed by atoms with Gasteiger partial charge in [-0.05, 0) is 85.9 Å². The third-order valence-corrected chi connectivity index (χ3v) is 9.57. The van der Waals surface area contributed by atoms with E-state index >= 15 is 0 Å². The first-order chi connectivity index (χ1) is 20.5. The van der Waals surface area contributed by atoms with Crippen LogP contribution in [0.15, 0.2) is 58.8 Å². The number of thiazole rings is 1. The van der Waals surface area contributed by atoms with Crippen LogP contribution in [0.3, 0.4) is 0 Å². The van der Waals surface area contributed by atoms with Gasteiger partial charge in [-0.3, -0.25) is 0 Å². The second-order valence-electron chi connectivity index (χ2n) is 10.2. The molecule has 13 heteroatoms. The number of carboxylic acids is 1. The lowest BCUT2D eigenvalue weighted by Gasteiger charge is -2.09. The highest BCUT2D eigenvalue weighted by molar-refractivity contribution is 7.89. The maximum Gasteiger partial charge on any atom is 0.355 e. The zero-order valence-electron chi connectivity index (χ0n) is 22.7. The number of rotatable bonds is 8. The summed E-state index contributed by atoms with van der Waals surface area (Å²) >= 11 is 2.75. The zero-order valence-corrected chi connectivity index (χ0v) is 25.2. The first kappa shape index (κ1) is 28.9. The molecule has 1 aromatic carbocycles. The predicted octanol–water partition coefficient (Wildman–Crippen LogP) is 5.19. The standard InChI is InChI=1S/C30H24FN5O4S3/c1-17-5-10-21(42-17)11-9-20-3-2-4-24(33-20)28-22(13-19-8-12-27(23(31)14-19)43(32,39)40)26(15-18-6-7-18)36(35-28)30-34-25(16-41-30)29(37)38/h2-5,8,10,12,14,16,18H,6-7,13,15H2,1H3,(H,37,38)(H2,32,39,40). The summed E-state index contributed by atoms with van der Waals surface area (Å²) in [6.07, 6.45) is 2.95. The molecule has 0 saturated heterocycles. The Morgan fingerprint density at radius 1 is 1.16 bits per heavy atom. The van der Waals surface area contributed by atoms with Crippen molar-refractivity contribution >= 4 is 38.7 Å². The number of aromatic nitrogens is 4. The molecule has 218 valence electrons. The number of nitrogens with two attached hydrogens (primary N) is 1. The minimum atomic E-state index is -4.22. The van der Waals surface area contributed by atoms with Gasteiger partial charge in [0.25, 0.3) is 0 Å². The fourth-order valence-electron chi connectivity index (χ4n) is 4.65. The van der Waals surface area contributed by atoms with Crippen molar-refractivity contribution in [2.45, 2.75) is 37.5 Å². The first-order valence-corrected chi connectivity index (χ1v) is 16.5. The van der Waals surface area contributed by atoms with Crippen LogP contribution in [0.25, 0.3) is 16.5 Å². The van der Waals surface area contributed by atoms with Crippen molar-refractivity contribution in [3.05, 3.63) is 97.7 Å². The molecule has 6 rings (SSSR count). The van der Waals surface area contributed by atoms with Gasteiger partial charge in [0.15, 0.2) is 5.69 Å². The number of sulfonamides is 1. The minimum Gasteiger partial charge on any atom is -0.476 e. The summed E-state index contributed by atoms with van der Waals surface area (Å²) < 4.78 is 40.1. The number of hydrogen-bond donors (Lipinski definition) is 2. The maximum absolute atomic E-state index is 14.9. The number of thiophene rings is 1. The summed E-state index contributed by atoms with van der Waals surface area (Å²) in [5.74, 6) is 4.59. The molecule has 1 saturated carbocycles. The van der Waals surface area contributed by atoms with E-state index in [-0.39, 0.29) is 12.1 Å². The summed E-state index contributed by atoms with van der Waals surface area (Å²) in [6.45, 7) is 2.02. The van der Waals surface area contributed by atoms with Gasteiger partial charge in [-0.25, -0.2) is 37.4 Å². The van der Waals surface area contributed by atoms with Gasteiger partial charge in [-0.2, -0.15) is 5.10 Å². The van der Waals surface area contributed by atoms with E-state index in [2.05, 4.69) is 16.8 Å². The highest BCUT2D eigenvalue weighted by atomic mass is 32.2. The number of carbonyl (C=O) groups is 1. The van der Waals surface area contributed by atoms with Crippen LogP contribution in [-0.4, -0.2) is 39.2 Å². The number of nitrogens with zero attached hydrogens (tertiary/aromatic N) is 4. The molecule has 0 aliphatic heterocycles. The first-order valence-electron chi connectivity index (χ1n) is 13.2. The molecule has 0 bridgehead atoms. The largest absolute Gasteiger partial charge is 0.476 e. The van der Waals surface area contributed by atoms with Crippen LogP contribution >= 0.6 is 22.7 Å². The van der Waals surface area contributed by atoms with Crippen LogP contribution in [0.2, 0.25) is 0 Å². The third kappa shape index (κ3) is 6.42. The number of hydrogen-bond acceptors (Lipinski definition) is 8. The van der Waals surface area contributed by atoms with E-state index in [1.807, 2.05) is 31.2 Å².